The van der Waals surface area contributed by atoms with Crippen molar-refractivity contribution in [3.8, 4) is 0 Å². The fourth-order valence-electron chi connectivity index (χ4n) is 1.90. The molecule has 0 aromatic carbocycles. The fourth-order valence-corrected chi connectivity index (χ4v) is 1.90. The number of hydrogen-bond acceptors (Lipinski definition) is 4. The van der Waals surface area contributed by atoms with Crippen LogP contribution in [0.25, 0.3) is 0 Å². The van der Waals surface area contributed by atoms with Gasteiger partial charge in [0.15, 0.2) is 5.82 Å². The van der Waals surface area contributed by atoms with E-state index in [0.717, 1.165) is 31.2 Å². The first-order valence-electron chi connectivity index (χ1n) is 5.42. The van der Waals surface area contributed by atoms with Crippen molar-refractivity contribution >= 4 is 5.71 Å². The summed E-state index contributed by atoms with van der Waals surface area (Å²) < 4.78 is 0. The van der Waals surface area contributed by atoms with Crippen LogP contribution < -0.4 is 16.0 Å². The Morgan fingerprint density at radius 2 is 2.33 bits per heavy atom. The summed E-state index contributed by atoms with van der Waals surface area (Å²) in [7, 11) is 1.90. The van der Waals surface area contributed by atoms with Crippen molar-refractivity contribution in [3.05, 3.63) is 23.8 Å². The standard InChI is InChI=1S/C11H18N4/c1-8-4-3-5-9(6-8)15-11-10(12-2)13-7-14-11/h3-4,8,12-14H,5-7H2,1-2H3/t8-/m0/s1. The number of aliphatic imine (C=N–C) groups is 1. The summed E-state index contributed by atoms with van der Waals surface area (Å²) in [5.41, 5.74) is 1.25. The zero-order valence-electron chi connectivity index (χ0n) is 9.30. The van der Waals surface area contributed by atoms with Gasteiger partial charge < -0.3 is 16.0 Å². The van der Waals surface area contributed by atoms with Crippen molar-refractivity contribution in [2.24, 2.45) is 10.9 Å². The zero-order valence-corrected chi connectivity index (χ0v) is 9.30. The van der Waals surface area contributed by atoms with E-state index in [1.807, 2.05) is 7.05 Å². The monoisotopic (exact) mass is 206 g/mol. The largest absolute Gasteiger partial charge is 0.372 e. The van der Waals surface area contributed by atoms with Crippen molar-refractivity contribution in [2.45, 2.75) is 19.8 Å². The highest BCUT2D eigenvalue weighted by atomic mass is 15.3. The molecule has 15 heavy (non-hydrogen) atoms. The Morgan fingerprint density at radius 1 is 1.47 bits per heavy atom. The highest BCUT2D eigenvalue weighted by molar-refractivity contribution is 5.88. The predicted molar refractivity (Wildman–Crippen MR) is 62.2 cm³/mol. The molecule has 0 aromatic heterocycles. The molecular weight excluding hydrogens is 188 g/mol. The number of rotatable bonds is 2. The van der Waals surface area contributed by atoms with Gasteiger partial charge in [0.2, 0.25) is 0 Å². The van der Waals surface area contributed by atoms with E-state index in [2.05, 4.69) is 40.0 Å². The van der Waals surface area contributed by atoms with Crippen LogP contribution in [0.15, 0.2) is 28.8 Å². The summed E-state index contributed by atoms with van der Waals surface area (Å²) in [6.07, 6.45) is 6.51. The molecule has 1 atom stereocenters. The molecule has 0 bridgehead atoms. The van der Waals surface area contributed by atoms with Crippen molar-refractivity contribution < 1.29 is 0 Å². The molecule has 0 spiro atoms. The maximum atomic E-state index is 4.65. The first-order chi connectivity index (χ1) is 7.29. The molecule has 0 saturated carbocycles. The third-order valence-corrected chi connectivity index (χ3v) is 2.65. The highest BCUT2D eigenvalue weighted by Crippen LogP contribution is 2.16. The van der Waals surface area contributed by atoms with Gasteiger partial charge in [-0.2, -0.15) is 0 Å². The maximum Gasteiger partial charge on any atom is 0.168 e. The van der Waals surface area contributed by atoms with Crippen molar-refractivity contribution in [2.75, 3.05) is 13.7 Å². The van der Waals surface area contributed by atoms with Crippen LogP contribution in [0.5, 0.6) is 0 Å². The summed E-state index contributed by atoms with van der Waals surface area (Å²) in [6.45, 7) is 2.98. The Kier molecular flexibility index (Phi) is 2.94. The van der Waals surface area contributed by atoms with Gasteiger partial charge >= 0.3 is 0 Å². The quantitative estimate of drug-likeness (QED) is 0.589. The lowest BCUT2D eigenvalue weighted by Gasteiger charge is -2.14. The van der Waals surface area contributed by atoms with Crippen molar-refractivity contribution in [1.82, 2.24) is 16.0 Å². The molecule has 4 heteroatoms. The van der Waals surface area contributed by atoms with Crippen molar-refractivity contribution in [1.29, 1.82) is 0 Å². The molecule has 0 aromatic rings. The lowest BCUT2D eigenvalue weighted by Crippen LogP contribution is -2.20. The molecule has 1 aliphatic carbocycles. The highest BCUT2D eigenvalue weighted by Gasteiger charge is 2.14. The van der Waals surface area contributed by atoms with Crippen LogP contribution in [-0.4, -0.2) is 19.4 Å². The first-order valence-corrected chi connectivity index (χ1v) is 5.42. The van der Waals surface area contributed by atoms with Gasteiger partial charge in [0.1, 0.15) is 5.82 Å². The predicted octanol–water partition coefficient (Wildman–Crippen LogP) is 0.910. The summed E-state index contributed by atoms with van der Waals surface area (Å²) >= 11 is 0. The molecule has 3 N–H and O–H groups in total. The van der Waals surface area contributed by atoms with Crippen LogP contribution in [0, 0.1) is 5.92 Å². The fraction of sp³-hybridized carbons (Fsp3) is 0.545. The van der Waals surface area contributed by atoms with E-state index < -0.39 is 0 Å². The van der Waals surface area contributed by atoms with Gasteiger partial charge in [0.25, 0.3) is 0 Å². The topological polar surface area (TPSA) is 48.5 Å². The molecule has 2 rings (SSSR count). The zero-order chi connectivity index (χ0) is 10.7. The molecule has 1 heterocycles. The molecule has 82 valence electrons. The average Bonchev–Trinajstić information content (AvgIpc) is 2.65. The summed E-state index contributed by atoms with van der Waals surface area (Å²) in [5.74, 6) is 2.55. The van der Waals surface area contributed by atoms with Gasteiger partial charge in [-0.15, -0.1) is 0 Å². The molecule has 2 aliphatic rings. The van der Waals surface area contributed by atoms with E-state index in [-0.39, 0.29) is 0 Å². The SMILES string of the molecule is CNC1=C(N=C2CC=C[C@H](C)C2)NCN1. The van der Waals surface area contributed by atoms with E-state index in [9.17, 15) is 0 Å². The Balaban J connectivity index is 2.12. The normalized spacial score (nSPS) is 27.9. The maximum absolute atomic E-state index is 4.65. The molecule has 1 aliphatic heterocycles. The van der Waals surface area contributed by atoms with E-state index in [1.54, 1.807) is 0 Å². The molecule has 0 fully saturated rings. The van der Waals surface area contributed by atoms with Crippen LogP contribution in [0.2, 0.25) is 0 Å². The lowest BCUT2D eigenvalue weighted by atomic mass is 9.96. The summed E-state index contributed by atoms with van der Waals surface area (Å²) in [6, 6.07) is 0. The Bertz CT molecular complexity index is 327. The third kappa shape index (κ3) is 2.32. The second kappa shape index (κ2) is 4.38. The third-order valence-electron chi connectivity index (χ3n) is 2.65. The summed E-state index contributed by atoms with van der Waals surface area (Å²) in [5, 5.41) is 9.50. The van der Waals surface area contributed by atoms with Crippen LogP contribution in [0.4, 0.5) is 0 Å². The van der Waals surface area contributed by atoms with Gasteiger partial charge in [-0.25, -0.2) is 4.99 Å². The van der Waals surface area contributed by atoms with E-state index in [1.165, 1.54) is 5.71 Å². The van der Waals surface area contributed by atoms with E-state index in [0.29, 0.717) is 5.92 Å². The van der Waals surface area contributed by atoms with Crippen LogP contribution in [-0.2, 0) is 0 Å². The van der Waals surface area contributed by atoms with Gasteiger partial charge in [-0.05, 0) is 12.3 Å². The first kappa shape index (κ1) is 10.1. The van der Waals surface area contributed by atoms with Gasteiger partial charge in [-0.3, -0.25) is 0 Å². The Morgan fingerprint density at radius 3 is 3.07 bits per heavy atom. The summed E-state index contributed by atoms with van der Waals surface area (Å²) in [4.78, 5) is 4.65. The molecule has 0 saturated heterocycles. The van der Waals surface area contributed by atoms with Crippen molar-refractivity contribution in [3.63, 3.8) is 0 Å². The second-order valence-electron chi connectivity index (χ2n) is 4.00. The van der Waals surface area contributed by atoms with Gasteiger partial charge in [0, 0.05) is 19.2 Å². The minimum atomic E-state index is 0.616. The second-order valence-corrected chi connectivity index (χ2v) is 4.00. The lowest BCUT2D eigenvalue weighted by molar-refractivity contribution is 0.740. The smallest absolute Gasteiger partial charge is 0.168 e. The van der Waals surface area contributed by atoms with E-state index in [4.69, 9.17) is 0 Å². The molecule has 0 unspecified atom stereocenters. The Labute approximate surface area is 90.5 Å². The number of allylic oxidation sites excluding steroid dienone is 2. The molecular formula is C11H18N4. The van der Waals surface area contributed by atoms with Crippen LogP contribution >= 0.6 is 0 Å². The number of hydrogen-bond donors (Lipinski definition) is 3. The van der Waals surface area contributed by atoms with Gasteiger partial charge in [-0.1, -0.05) is 19.1 Å². The molecule has 4 nitrogen and oxygen atoms in total. The molecule has 0 amide bonds. The average molecular weight is 206 g/mol. The number of nitrogens with one attached hydrogen (secondary N) is 3. The Hall–Kier alpha value is -1.45. The minimum Gasteiger partial charge on any atom is -0.372 e. The van der Waals surface area contributed by atoms with Gasteiger partial charge in [0.05, 0.1) is 6.67 Å². The number of nitrogens with zero attached hydrogens (tertiary/aromatic N) is 1. The van der Waals surface area contributed by atoms with Crippen LogP contribution in [0.3, 0.4) is 0 Å². The minimum absolute atomic E-state index is 0.616. The van der Waals surface area contributed by atoms with Crippen LogP contribution in [0.1, 0.15) is 19.8 Å². The van der Waals surface area contributed by atoms with E-state index >= 15 is 0 Å². The molecule has 0 radical (unpaired) electrons.